The first-order valence-electron chi connectivity index (χ1n) is 2.71. The van der Waals surface area contributed by atoms with E-state index < -0.39 is 0 Å². The summed E-state index contributed by atoms with van der Waals surface area (Å²) in [5.41, 5.74) is 0.980. The standard InChI is InChI=1S/C7H11Cl/c1-3-4-5-7(2)6-8/h4-5H,2-3,6H2,1H3/b5-4+. The van der Waals surface area contributed by atoms with Gasteiger partial charge in [0.15, 0.2) is 0 Å². The van der Waals surface area contributed by atoms with Gasteiger partial charge in [-0.2, -0.15) is 0 Å². The molecule has 0 bridgehead atoms. The third-order valence-electron chi connectivity index (χ3n) is 0.761. The van der Waals surface area contributed by atoms with Crippen LogP contribution in [0.3, 0.4) is 0 Å². The number of hydrogen-bond donors (Lipinski definition) is 0. The predicted molar refractivity (Wildman–Crippen MR) is 39.3 cm³/mol. The van der Waals surface area contributed by atoms with E-state index in [0.29, 0.717) is 5.88 Å². The zero-order valence-corrected chi connectivity index (χ0v) is 5.91. The van der Waals surface area contributed by atoms with Crippen LogP contribution in [0, 0.1) is 0 Å². The first-order valence-corrected chi connectivity index (χ1v) is 3.25. The lowest BCUT2D eigenvalue weighted by Gasteiger charge is -1.86. The zero-order valence-electron chi connectivity index (χ0n) is 5.15. The molecule has 0 heterocycles. The van der Waals surface area contributed by atoms with Crippen LogP contribution < -0.4 is 0 Å². The van der Waals surface area contributed by atoms with Crippen molar-refractivity contribution in [2.24, 2.45) is 0 Å². The van der Waals surface area contributed by atoms with Crippen LogP contribution in [0.1, 0.15) is 13.3 Å². The fourth-order valence-corrected chi connectivity index (χ4v) is 0.418. The summed E-state index contributed by atoms with van der Waals surface area (Å²) >= 11 is 5.44. The van der Waals surface area contributed by atoms with Gasteiger partial charge in [-0.3, -0.25) is 0 Å². The number of alkyl halides is 1. The highest BCUT2D eigenvalue weighted by Crippen LogP contribution is 1.95. The molecule has 0 saturated heterocycles. The fraction of sp³-hybridized carbons (Fsp3) is 0.429. The van der Waals surface area contributed by atoms with Crippen LogP contribution in [0.4, 0.5) is 0 Å². The molecular weight excluding hydrogens is 120 g/mol. The Morgan fingerprint density at radius 2 is 2.38 bits per heavy atom. The van der Waals surface area contributed by atoms with Gasteiger partial charge in [-0.25, -0.2) is 0 Å². The van der Waals surface area contributed by atoms with Crippen molar-refractivity contribution in [1.29, 1.82) is 0 Å². The Hall–Kier alpha value is -0.230. The minimum absolute atomic E-state index is 0.538. The summed E-state index contributed by atoms with van der Waals surface area (Å²) in [7, 11) is 0. The summed E-state index contributed by atoms with van der Waals surface area (Å²) in [6, 6.07) is 0. The number of hydrogen-bond acceptors (Lipinski definition) is 0. The number of halogens is 1. The normalized spacial score (nSPS) is 10.2. The van der Waals surface area contributed by atoms with Gasteiger partial charge in [-0.15, -0.1) is 11.6 Å². The SMILES string of the molecule is C=C(/C=C/CC)CCl. The maximum absolute atomic E-state index is 5.44. The van der Waals surface area contributed by atoms with E-state index >= 15 is 0 Å². The van der Waals surface area contributed by atoms with E-state index in [1.165, 1.54) is 0 Å². The van der Waals surface area contributed by atoms with Crippen molar-refractivity contribution in [3.8, 4) is 0 Å². The van der Waals surface area contributed by atoms with Crippen molar-refractivity contribution in [2.45, 2.75) is 13.3 Å². The van der Waals surface area contributed by atoms with Crippen molar-refractivity contribution < 1.29 is 0 Å². The Morgan fingerprint density at radius 1 is 1.75 bits per heavy atom. The van der Waals surface area contributed by atoms with Gasteiger partial charge in [0.05, 0.1) is 0 Å². The molecule has 0 nitrogen and oxygen atoms in total. The highest BCUT2D eigenvalue weighted by atomic mass is 35.5. The molecule has 0 saturated carbocycles. The lowest BCUT2D eigenvalue weighted by molar-refractivity contribution is 1.22. The average Bonchev–Trinajstić information content (AvgIpc) is 1.83. The van der Waals surface area contributed by atoms with Crippen LogP contribution in [0.25, 0.3) is 0 Å². The molecule has 0 aliphatic rings. The molecule has 0 aliphatic carbocycles. The monoisotopic (exact) mass is 130 g/mol. The summed E-state index contributed by atoms with van der Waals surface area (Å²) in [6.45, 7) is 5.77. The van der Waals surface area contributed by atoms with Gasteiger partial charge in [0.25, 0.3) is 0 Å². The van der Waals surface area contributed by atoms with E-state index in [9.17, 15) is 0 Å². The molecule has 0 unspecified atom stereocenters. The molecule has 1 heteroatoms. The molecular formula is C7H11Cl. The minimum Gasteiger partial charge on any atom is -0.122 e. The topological polar surface area (TPSA) is 0 Å². The molecule has 0 N–H and O–H groups in total. The van der Waals surface area contributed by atoms with E-state index in [2.05, 4.69) is 13.5 Å². The van der Waals surface area contributed by atoms with Crippen LogP contribution in [0.15, 0.2) is 24.3 Å². The molecule has 0 amide bonds. The van der Waals surface area contributed by atoms with Crippen LogP contribution in [0.2, 0.25) is 0 Å². The molecule has 0 spiro atoms. The molecule has 0 fully saturated rings. The smallest absolute Gasteiger partial charge is 0.0468 e. The molecule has 0 aliphatic heterocycles. The van der Waals surface area contributed by atoms with E-state index in [1.807, 2.05) is 12.2 Å². The maximum atomic E-state index is 5.44. The zero-order chi connectivity index (χ0) is 6.41. The number of allylic oxidation sites excluding steroid dienone is 3. The molecule has 0 aromatic rings. The molecule has 0 rings (SSSR count). The summed E-state index contributed by atoms with van der Waals surface area (Å²) < 4.78 is 0. The Morgan fingerprint density at radius 3 is 2.75 bits per heavy atom. The van der Waals surface area contributed by atoms with Crippen LogP contribution in [-0.4, -0.2) is 5.88 Å². The van der Waals surface area contributed by atoms with Crippen LogP contribution in [-0.2, 0) is 0 Å². The van der Waals surface area contributed by atoms with E-state index in [0.717, 1.165) is 12.0 Å². The predicted octanol–water partition coefficient (Wildman–Crippen LogP) is 2.75. The number of rotatable bonds is 3. The second-order valence-electron chi connectivity index (χ2n) is 1.60. The summed E-state index contributed by atoms with van der Waals surface area (Å²) in [6.07, 6.45) is 5.05. The van der Waals surface area contributed by atoms with Crippen molar-refractivity contribution in [2.75, 3.05) is 5.88 Å². The van der Waals surface area contributed by atoms with Crippen molar-refractivity contribution in [3.63, 3.8) is 0 Å². The molecule has 0 aromatic heterocycles. The van der Waals surface area contributed by atoms with Crippen LogP contribution >= 0.6 is 11.6 Å². The van der Waals surface area contributed by atoms with Crippen molar-refractivity contribution in [1.82, 2.24) is 0 Å². The van der Waals surface area contributed by atoms with Gasteiger partial charge in [-0.1, -0.05) is 25.7 Å². The first-order chi connectivity index (χ1) is 3.81. The van der Waals surface area contributed by atoms with E-state index in [-0.39, 0.29) is 0 Å². The van der Waals surface area contributed by atoms with Gasteiger partial charge in [0.2, 0.25) is 0 Å². The Kier molecular flexibility index (Phi) is 4.78. The molecule has 46 valence electrons. The van der Waals surface area contributed by atoms with Gasteiger partial charge in [0, 0.05) is 5.88 Å². The summed E-state index contributed by atoms with van der Waals surface area (Å²) in [5.74, 6) is 0.538. The third-order valence-corrected chi connectivity index (χ3v) is 1.10. The van der Waals surface area contributed by atoms with Gasteiger partial charge >= 0.3 is 0 Å². The third kappa shape index (κ3) is 3.94. The van der Waals surface area contributed by atoms with E-state index in [4.69, 9.17) is 11.6 Å². The second kappa shape index (κ2) is 4.92. The molecule has 0 radical (unpaired) electrons. The molecule has 8 heavy (non-hydrogen) atoms. The highest BCUT2D eigenvalue weighted by Gasteiger charge is 1.78. The Balaban J connectivity index is 3.37. The maximum Gasteiger partial charge on any atom is 0.0468 e. The molecule has 0 aromatic carbocycles. The molecule has 0 atom stereocenters. The quantitative estimate of drug-likeness (QED) is 0.407. The minimum atomic E-state index is 0.538. The van der Waals surface area contributed by atoms with Gasteiger partial charge in [0.1, 0.15) is 0 Å². The van der Waals surface area contributed by atoms with Gasteiger partial charge < -0.3 is 0 Å². The Labute approximate surface area is 55.9 Å². The van der Waals surface area contributed by atoms with Crippen molar-refractivity contribution in [3.05, 3.63) is 24.3 Å². The lowest BCUT2D eigenvalue weighted by Crippen LogP contribution is -1.72. The fourth-order valence-electron chi connectivity index (χ4n) is 0.329. The second-order valence-corrected chi connectivity index (χ2v) is 1.87. The Bertz CT molecular complexity index is 92.6. The van der Waals surface area contributed by atoms with E-state index in [1.54, 1.807) is 0 Å². The lowest BCUT2D eigenvalue weighted by atomic mass is 10.3. The highest BCUT2D eigenvalue weighted by molar-refractivity contribution is 6.19. The summed E-state index contributed by atoms with van der Waals surface area (Å²) in [4.78, 5) is 0. The van der Waals surface area contributed by atoms with Crippen LogP contribution in [0.5, 0.6) is 0 Å². The average molecular weight is 131 g/mol. The van der Waals surface area contributed by atoms with Crippen molar-refractivity contribution >= 4 is 11.6 Å². The first kappa shape index (κ1) is 7.77. The largest absolute Gasteiger partial charge is 0.122 e. The van der Waals surface area contributed by atoms with Gasteiger partial charge in [-0.05, 0) is 12.0 Å². The summed E-state index contributed by atoms with van der Waals surface area (Å²) in [5, 5.41) is 0.